The summed E-state index contributed by atoms with van der Waals surface area (Å²) < 4.78 is 0.657. The summed E-state index contributed by atoms with van der Waals surface area (Å²) in [6.45, 7) is 3.36. The summed E-state index contributed by atoms with van der Waals surface area (Å²) >= 11 is 10.6. The highest BCUT2D eigenvalue weighted by Crippen LogP contribution is 2.23. The van der Waals surface area contributed by atoms with Crippen LogP contribution in [-0.4, -0.2) is 47.0 Å². The Bertz CT molecular complexity index is 991. The highest BCUT2D eigenvalue weighted by molar-refractivity contribution is 9.11. The molecule has 4 rings (SSSR count). The van der Waals surface area contributed by atoms with Crippen LogP contribution in [0.2, 0.25) is 5.02 Å². The normalized spacial score (nSPS) is 14.2. The minimum Gasteiger partial charge on any atom is -0.368 e. The minimum atomic E-state index is -0.272. The highest BCUT2D eigenvalue weighted by atomic mass is 79.9. The molecular formula is C18H16BrClN6OS. The number of nitrogens with zero attached hydrogens (tertiary/aromatic N) is 5. The van der Waals surface area contributed by atoms with Gasteiger partial charge in [-0.3, -0.25) is 10.1 Å². The van der Waals surface area contributed by atoms with E-state index in [1.807, 2.05) is 24.3 Å². The van der Waals surface area contributed by atoms with E-state index in [0.717, 1.165) is 42.7 Å². The topological polar surface area (TPSA) is 74.2 Å². The van der Waals surface area contributed by atoms with Crippen LogP contribution in [0.3, 0.4) is 0 Å². The number of rotatable bonds is 4. The molecule has 3 heterocycles. The first-order chi connectivity index (χ1) is 13.6. The van der Waals surface area contributed by atoms with Gasteiger partial charge in [0.15, 0.2) is 3.92 Å². The Hall–Kier alpha value is -2.23. The second kappa shape index (κ2) is 8.42. The average molecular weight is 480 g/mol. The van der Waals surface area contributed by atoms with Gasteiger partial charge in [-0.2, -0.15) is 4.98 Å². The Labute approximate surface area is 179 Å². The van der Waals surface area contributed by atoms with E-state index < -0.39 is 0 Å². The number of halogens is 2. The van der Waals surface area contributed by atoms with Crippen LogP contribution >= 0.6 is 38.9 Å². The molecule has 0 atom stereocenters. The molecule has 0 bridgehead atoms. The smallest absolute Gasteiger partial charge is 0.269 e. The molecule has 144 valence electrons. The van der Waals surface area contributed by atoms with Gasteiger partial charge >= 0.3 is 0 Å². The number of anilines is 3. The van der Waals surface area contributed by atoms with Crippen molar-refractivity contribution in [1.82, 2.24) is 15.0 Å². The largest absolute Gasteiger partial charge is 0.368 e. The molecular weight excluding hydrogens is 464 g/mol. The Balaban J connectivity index is 1.40. The number of carbonyl (C=O) groups excluding carboxylic acids is 1. The van der Waals surface area contributed by atoms with Crippen LogP contribution in [0, 0.1) is 0 Å². The first kappa shape index (κ1) is 19.1. The van der Waals surface area contributed by atoms with Crippen molar-refractivity contribution in [3.63, 3.8) is 0 Å². The zero-order valence-corrected chi connectivity index (χ0v) is 17.8. The molecule has 0 saturated carbocycles. The summed E-state index contributed by atoms with van der Waals surface area (Å²) in [5.41, 5.74) is 1.12. The quantitative estimate of drug-likeness (QED) is 0.611. The molecule has 1 aliphatic rings. The van der Waals surface area contributed by atoms with Crippen LogP contribution in [0.15, 0.2) is 46.6 Å². The van der Waals surface area contributed by atoms with Crippen molar-refractivity contribution in [2.24, 2.45) is 0 Å². The maximum absolute atomic E-state index is 12.3. The van der Waals surface area contributed by atoms with Gasteiger partial charge in [0.25, 0.3) is 5.91 Å². The minimum absolute atomic E-state index is 0.272. The third-order valence-electron chi connectivity index (χ3n) is 4.34. The third kappa shape index (κ3) is 4.43. The van der Waals surface area contributed by atoms with Gasteiger partial charge in [-0.15, -0.1) is 11.3 Å². The molecule has 0 spiro atoms. The summed E-state index contributed by atoms with van der Waals surface area (Å²) in [7, 11) is 0. The zero-order valence-electron chi connectivity index (χ0n) is 14.7. The fourth-order valence-electron chi connectivity index (χ4n) is 2.97. The Morgan fingerprint density at radius 3 is 2.64 bits per heavy atom. The van der Waals surface area contributed by atoms with Crippen LogP contribution in [0.1, 0.15) is 9.67 Å². The van der Waals surface area contributed by atoms with Gasteiger partial charge in [-0.05, 0) is 40.2 Å². The maximum Gasteiger partial charge on any atom is 0.269 e. The van der Waals surface area contributed by atoms with Crippen molar-refractivity contribution in [3.05, 3.63) is 56.5 Å². The molecule has 2 aromatic heterocycles. The number of carbonyl (C=O) groups is 1. The highest BCUT2D eigenvalue weighted by Gasteiger charge is 2.19. The number of hydrogen-bond acceptors (Lipinski definition) is 7. The van der Waals surface area contributed by atoms with Gasteiger partial charge in [0.05, 0.1) is 6.20 Å². The molecule has 0 radical (unpaired) electrons. The molecule has 10 heteroatoms. The summed E-state index contributed by atoms with van der Waals surface area (Å²) in [5, 5.41) is 3.47. The lowest BCUT2D eigenvalue weighted by atomic mass is 10.2. The molecule has 0 unspecified atom stereocenters. The van der Waals surface area contributed by atoms with Crippen molar-refractivity contribution in [2.45, 2.75) is 0 Å². The van der Waals surface area contributed by atoms with Gasteiger partial charge in [0, 0.05) is 43.1 Å². The lowest BCUT2D eigenvalue weighted by molar-refractivity contribution is 0.102. The summed E-state index contributed by atoms with van der Waals surface area (Å²) in [6, 6.07) is 9.74. The van der Waals surface area contributed by atoms with E-state index in [4.69, 9.17) is 11.6 Å². The molecule has 1 aliphatic heterocycles. The SMILES string of the molecule is O=C(Nc1nccc(N2CCN(c3cccc(Cl)c3)CC2)n1)c1cnc(Br)s1. The number of aromatic nitrogens is 3. The number of amides is 1. The molecule has 1 N–H and O–H groups in total. The van der Waals surface area contributed by atoms with Crippen molar-refractivity contribution in [3.8, 4) is 0 Å². The second-order valence-electron chi connectivity index (χ2n) is 6.12. The fraction of sp³-hybridized carbons (Fsp3) is 0.222. The molecule has 1 fully saturated rings. The monoisotopic (exact) mass is 478 g/mol. The van der Waals surface area contributed by atoms with Crippen molar-refractivity contribution < 1.29 is 4.79 Å². The maximum atomic E-state index is 12.3. The summed E-state index contributed by atoms with van der Waals surface area (Å²) in [6.07, 6.45) is 3.17. The Kier molecular flexibility index (Phi) is 5.74. The summed E-state index contributed by atoms with van der Waals surface area (Å²) in [4.78, 5) is 29.9. The number of hydrogen-bond donors (Lipinski definition) is 1. The first-order valence-electron chi connectivity index (χ1n) is 8.60. The molecule has 1 saturated heterocycles. The van der Waals surface area contributed by atoms with Gasteiger partial charge in [0.1, 0.15) is 10.7 Å². The number of nitrogens with one attached hydrogen (secondary N) is 1. The molecule has 3 aromatic rings. The van der Waals surface area contributed by atoms with E-state index >= 15 is 0 Å². The standard InChI is InChI=1S/C18H16BrClN6OS/c19-17-22-11-14(28-17)16(27)24-18-21-5-4-15(23-18)26-8-6-25(7-9-26)13-3-1-2-12(20)10-13/h1-5,10-11H,6-9H2,(H,21,23,24,27). The van der Waals surface area contributed by atoms with E-state index in [0.29, 0.717) is 8.79 Å². The molecule has 28 heavy (non-hydrogen) atoms. The predicted molar refractivity (Wildman–Crippen MR) is 116 cm³/mol. The number of benzene rings is 1. The van der Waals surface area contributed by atoms with Crippen molar-refractivity contribution >= 4 is 62.2 Å². The van der Waals surface area contributed by atoms with Gasteiger partial charge < -0.3 is 9.80 Å². The van der Waals surface area contributed by atoms with Gasteiger partial charge in [0.2, 0.25) is 5.95 Å². The third-order valence-corrected chi connectivity index (χ3v) is 6.05. The number of piperazine rings is 1. The van der Waals surface area contributed by atoms with Gasteiger partial charge in [-0.25, -0.2) is 9.97 Å². The van der Waals surface area contributed by atoms with E-state index in [1.165, 1.54) is 17.5 Å². The van der Waals surface area contributed by atoms with Crippen LogP contribution in [-0.2, 0) is 0 Å². The van der Waals surface area contributed by atoms with E-state index in [-0.39, 0.29) is 11.9 Å². The molecule has 1 amide bonds. The van der Waals surface area contributed by atoms with Crippen molar-refractivity contribution in [1.29, 1.82) is 0 Å². The molecule has 0 aliphatic carbocycles. The molecule has 1 aromatic carbocycles. The second-order valence-corrected chi connectivity index (χ2v) is 8.87. The van der Waals surface area contributed by atoms with Crippen LogP contribution in [0.5, 0.6) is 0 Å². The average Bonchev–Trinajstić information content (AvgIpc) is 3.15. The first-order valence-corrected chi connectivity index (χ1v) is 10.6. The van der Waals surface area contributed by atoms with E-state index in [1.54, 1.807) is 6.20 Å². The van der Waals surface area contributed by atoms with E-state index in [9.17, 15) is 4.79 Å². The van der Waals surface area contributed by atoms with Crippen molar-refractivity contribution in [2.75, 3.05) is 41.3 Å². The van der Waals surface area contributed by atoms with Crippen LogP contribution < -0.4 is 15.1 Å². The zero-order chi connectivity index (χ0) is 19.5. The van der Waals surface area contributed by atoms with E-state index in [2.05, 4.69) is 52.1 Å². The number of thiazole rings is 1. The Morgan fingerprint density at radius 1 is 1.14 bits per heavy atom. The van der Waals surface area contributed by atoms with Crippen LogP contribution in [0.4, 0.5) is 17.5 Å². The molecule has 7 nitrogen and oxygen atoms in total. The van der Waals surface area contributed by atoms with Gasteiger partial charge in [-0.1, -0.05) is 17.7 Å². The Morgan fingerprint density at radius 2 is 1.93 bits per heavy atom. The lowest BCUT2D eigenvalue weighted by Gasteiger charge is -2.36. The summed E-state index contributed by atoms with van der Waals surface area (Å²) in [5.74, 6) is 0.803. The lowest BCUT2D eigenvalue weighted by Crippen LogP contribution is -2.46. The van der Waals surface area contributed by atoms with Crippen LogP contribution in [0.25, 0.3) is 0 Å². The predicted octanol–water partition coefficient (Wildman–Crippen LogP) is 3.93. The fourth-order valence-corrected chi connectivity index (χ4v) is 4.32.